The summed E-state index contributed by atoms with van der Waals surface area (Å²) in [4.78, 5) is 27.5. The molecule has 1 aliphatic carbocycles. The summed E-state index contributed by atoms with van der Waals surface area (Å²) in [6.07, 6.45) is 9.15. The molecule has 0 saturated heterocycles. The molecule has 1 aliphatic rings. The minimum absolute atomic E-state index is 0.0796. The van der Waals surface area contributed by atoms with E-state index in [4.69, 9.17) is 9.97 Å². The van der Waals surface area contributed by atoms with Gasteiger partial charge in [0.15, 0.2) is 11.3 Å². The summed E-state index contributed by atoms with van der Waals surface area (Å²) < 4.78 is 3.75. The lowest BCUT2D eigenvalue weighted by Crippen LogP contribution is -2.21. The number of nitrogens with zero attached hydrogens (tertiary/aromatic N) is 5. The van der Waals surface area contributed by atoms with Gasteiger partial charge in [0.05, 0.1) is 11.0 Å². The molecule has 6 heteroatoms. The molecule has 0 N–H and O–H groups in total. The predicted molar refractivity (Wildman–Crippen MR) is 107 cm³/mol. The first-order valence-electron chi connectivity index (χ1n) is 9.54. The van der Waals surface area contributed by atoms with Gasteiger partial charge in [0.25, 0.3) is 5.56 Å². The molecule has 136 valence electrons. The highest BCUT2D eigenvalue weighted by atomic mass is 16.1. The highest BCUT2D eigenvalue weighted by molar-refractivity contribution is 6.04. The Balaban J connectivity index is 1.92. The molecule has 0 radical (unpaired) electrons. The second-order valence-corrected chi connectivity index (χ2v) is 7.24. The minimum atomic E-state index is -0.0796. The van der Waals surface area contributed by atoms with E-state index in [1.165, 1.54) is 19.3 Å². The average molecular weight is 359 g/mol. The molecule has 6 nitrogen and oxygen atoms in total. The molecule has 5 rings (SSSR count). The van der Waals surface area contributed by atoms with Gasteiger partial charge in [-0.2, -0.15) is 0 Å². The fourth-order valence-electron chi connectivity index (χ4n) is 4.25. The van der Waals surface area contributed by atoms with Crippen LogP contribution in [0.4, 0.5) is 0 Å². The second kappa shape index (κ2) is 6.30. The minimum Gasteiger partial charge on any atom is -0.305 e. The monoisotopic (exact) mass is 359 g/mol. The third-order valence-corrected chi connectivity index (χ3v) is 5.53. The fourth-order valence-corrected chi connectivity index (χ4v) is 4.25. The normalized spacial score (nSPS) is 15.7. The molecule has 0 atom stereocenters. The maximum Gasteiger partial charge on any atom is 0.265 e. The van der Waals surface area contributed by atoms with Gasteiger partial charge in [-0.05, 0) is 25.0 Å². The van der Waals surface area contributed by atoms with Crippen molar-refractivity contribution in [2.45, 2.75) is 44.7 Å². The van der Waals surface area contributed by atoms with Crippen molar-refractivity contribution in [3.05, 3.63) is 53.6 Å². The number of hydrogen-bond acceptors (Lipinski definition) is 4. The first kappa shape index (κ1) is 16.2. The Morgan fingerprint density at radius 1 is 1.07 bits per heavy atom. The van der Waals surface area contributed by atoms with Gasteiger partial charge in [-0.15, -0.1) is 6.58 Å². The molecular formula is C21H21N5O. The van der Waals surface area contributed by atoms with E-state index < -0.39 is 0 Å². The van der Waals surface area contributed by atoms with Crippen LogP contribution in [0.3, 0.4) is 0 Å². The van der Waals surface area contributed by atoms with E-state index in [0.717, 1.165) is 29.5 Å². The third kappa shape index (κ3) is 2.47. The lowest BCUT2D eigenvalue weighted by Gasteiger charge is -2.24. The molecule has 27 heavy (non-hydrogen) atoms. The van der Waals surface area contributed by atoms with Crippen molar-refractivity contribution >= 4 is 33.2 Å². The first-order chi connectivity index (χ1) is 13.3. The van der Waals surface area contributed by atoms with Crippen molar-refractivity contribution in [3.8, 4) is 0 Å². The van der Waals surface area contributed by atoms with Crippen LogP contribution in [0.15, 0.2) is 48.0 Å². The van der Waals surface area contributed by atoms with E-state index in [0.29, 0.717) is 29.1 Å². The van der Waals surface area contributed by atoms with Gasteiger partial charge in [-0.1, -0.05) is 37.5 Å². The Labute approximate surface area is 156 Å². The van der Waals surface area contributed by atoms with Gasteiger partial charge in [-0.3, -0.25) is 9.36 Å². The lowest BCUT2D eigenvalue weighted by atomic mass is 9.95. The smallest absolute Gasteiger partial charge is 0.265 e. The SMILES string of the molecule is C=CCn1cnc2c(c1=O)c1nc3ccccc3nc1n2C1CCCCC1. The summed E-state index contributed by atoms with van der Waals surface area (Å²) in [5.74, 6) is 0. The molecule has 3 aromatic heterocycles. The molecule has 0 unspecified atom stereocenters. The highest BCUT2D eigenvalue weighted by Crippen LogP contribution is 2.35. The molecular weight excluding hydrogens is 338 g/mol. The van der Waals surface area contributed by atoms with Crippen LogP contribution in [0.2, 0.25) is 0 Å². The molecule has 0 spiro atoms. The summed E-state index contributed by atoms with van der Waals surface area (Å²) in [5, 5.41) is 0.568. The summed E-state index contributed by atoms with van der Waals surface area (Å²) >= 11 is 0. The highest BCUT2D eigenvalue weighted by Gasteiger charge is 2.25. The van der Waals surface area contributed by atoms with E-state index >= 15 is 0 Å². The van der Waals surface area contributed by atoms with Gasteiger partial charge in [-0.25, -0.2) is 15.0 Å². The quantitative estimate of drug-likeness (QED) is 0.519. The van der Waals surface area contributed by atoms with Gasteiger partial charge in [0, 0.05) is 12.6 Å². The largest absolute Gasteiger partial charge is 0.305 e. The molecule has 1 aromatic carbocycles. The van der Waals surface area contributed by atoms with E-state index in [1.54, 1.807) is 17.0 Å². The Morgan fingerprint density at radius 3 is 2.56 bits per heavy atom. The molecule has 1 fully saturated rings. The lowest BCUT2D eigenvalue weighted by molar-refractivity contribution is 0.365. The van der Waals surface area contributed by atoms with Crippen LogP contribution >= 0.6 is 0 Å². The topological polar surface area (TPSA) is 65.6 Å². The first-order valence-corrected chi connectivity index (χ1v) is 9.54. The summed E-state index contributed by atoms with van der Waals surface area (Å²) in [7, 11) is 0. The van der Waals surface area contributed by atoms with Crippen LogP contribution in [0.5, 0.6) is 0 Å². The standard InChI is InChI=1S/C21H21N5O/c1-2-12-25-13-22-19-17(21(25)27)18-20(26(19)14-8-4-3-5-9-14)24-16-11-7-6-10-15(16)23-18/h2,6-7,10-11,13-14H,1,3-5,8-9,12H2. The van der Waals surface area contributed by atoms with Crippen LogP contribution < -0.4 is 5.56 Å². The van der Waals surface area contributed by atoms with Crippen molar-refractivity contribution in [2.75, 3.05) is 0 Å². The Morgan fingerprint density at radius 2 is 1.81 bits per heavy atom. The molecule has 0 aliphatic heterocycles. The average Bonchev–Trinajstić information content (AvgIpc) is 3.03. The van der Waals surface area contributed by atoms with Crippen molar-refractivity contribution in [2.24, 2.45) is 0 Å². The predicted octanol–water partition coefficient (Wildman–Crippen LogP) is 3.99. The molecule has 0 amide bonds. The van der Waals surface area contributed by atoms with Gasteiger partial charge in [0.2, 0.25) is 0 Å². The fraction of sp³-hybridized carbons (Fsp3) is 0.333. The van der Waals surface area contributed by atoms with Crippen LogP contribution in [0.1, 0.15) is 38.1 Å². The van der Waals surface area contributed by atoms with Crippen molar-refractivity contribution < 1.29 is 0 Å². The zero-order chi connectivity index (χ0) is 18.4. The second-order valence-electron chi connectivity index (χ2n) is 7.24. The van der Waals surface area contributed by atoms with Crippen LogP contribution in [-0.4, -0.2) is 24.1 Å². The number of hydrogen-bond donors (Lipinski definition) is 0. The van der Waals surface area contributed by atoms with Crippen LogP contribution in [0, 0.1) is 0 Å². The maximum atomic E-state index is 13.2. The van der Waals surface area contributed by atoms with Gasteiger partial charge in [0.1, 0.15) is 17.2 Å². The number of fused-ring (bicyclic) bond motifs is 4. The van der Waals surface area contributed by atoms with Crippen molar-refractivity contribution in [3.63, 3.8) is 0 Å². The van der Waals surface area contributed by atoms with Gasteiger partial charge < -0.3 is 4.57 Å². The third-order valence-electron chi connectivity index (χ3n) is 5.53. The number of benzene rings is 1. The van der Waals surface area contributed by atoms with E-state index in [1.807, 2.05) is 24.3 Å². The Bertz CT molecular complexity index is 1230. The Kier molecular flexibility index (Phi) is 3.77. The van der Waals surface area contributed by atoms with E-state index in [-0.39, 0.29) is 5.56 Å². The number of allylic oxidation sites excluding steroid dienone is 1. The molecule has 3 heterocycles. The van der Waals surface area contributed by atoms with Crippen molar-refractivity contribution in [1.82, 2.24) is 24.1 Å². The van der Waals surface area contributed by atoms with E-state index in [9.17, 15) is 4.79 Å². The summed E-state index contributed by atoms with van der Waals surface area (Å²) in [5.41, 5.74) is 3.70. The van der Waals surface area contributed by atoms with Crippen LogP contribution in [-0.2, 0) is 6.54 Å². The molecule has 1 saturated carbocycles. The zero-order valence-electron chi connectivity index (χ0n) is 15.1. The van der Waals surface area contributed by atoms with Crippen molar-refractivity contribution in [1.29, 1.82) is 0 Å². The zero-order valence-corrected chi connectivity index (χ0v) is 15.1. The Hall–Kier alpha value is -3.02. The molecule has 0 bridgehead atoms. The number of para-hydroxylation sites is 2. The van der Waals surface area contributed by atoms with Crippen LogP contribution in [0.25, 0.3) is 33.2 Å². The number of rotatable bonds is 3. The summed E-state index contributed by atoms with van der Waals surface area (Å²) in [6.45, 7) is 4.17. The number of aromatic nitrogens is 5. The van der Waals surface area contributed by atoms with Gasteiger partial charge >= 0.3 is 0 Å². The maximum absolute atomic E-state index is 13.2. The summed E-state index contributed by atoms with van der Waals surface area (Å²) in [6, 6.07) is 8.12. The molecule has 4 aromatic rings. The van der Waals surface area contributed by atoms with E-state index in [2.05, 4.69) is 16.1 Å².